The van der Waals surface area contributed by atoms with Crippen LogP contribution in [0.2, 0.25) is 0 Å². The number of pyridine rings is 1. The first-order chi connectivity index (χ1) is 9.79. The van der Waals surface area contributed by atoms with Gasteiger partial charge in [0.25, 0.3) is 10.0 Å². The Morgan fingerprint density at radius 2 is 1.90 bits per heavy atom. The molecule has 21 heavy (non-hydrogen) atoms. The lowest BCUT2D eigenvalue weighted by Crippen LogP contribution is -2.16. The summed E-state index contributed by atoms with van der Waals surface area (Å²) in [7, 11) is -4.39. The molecule has 0 spiro atoms. The van der Waals surface area contributed by atoms with Crippen molar-refractivity contribution in [3.63, 3.8) is 0 Å². The predicted molar refractivity (Wildman–Crippen MR) is 68.4 cm³/mol. The SMILES string of the molecule is O=C(O)c1ccc(F)c(S(=O)(=O)Nc2ccc(F)cn2)c1. The van der Waals surface area contributed by atoms with Gasteiger partial charge in [0.05, 0.1) is 11.8 Å². The van der Waals surface area contributed by atoms with E-state index in [-0.39, 0.29) is 11.4 Å². The van der Waals surface area contributed by atoms with E-state index in [1.54, 1.807) is 0 Å². The Morgan fingerprint density at radius 1 is 1.19 bits per heavy atom. The van der Waals surface area contributed by atoms with Gasteiger partial charge in [-0.15, -0.1) is 0 Å². The molecule has 110 valence electrons. The van der Waals surface area contributed by atoms with Crippen LogP contribution >= 0.6 is 0 Å². The number of anilines is 1. The molecular formula is C12H8F2N2O4S. The number of carboxylic acids is 1. The third-order valence-electron chi connectivity index (χ3n) is 2.43. The van der Waals surface area contributed by atoms with Gasteiger partial charge in [-0.25, -0.2) is 27.0 Å². The Labute approximate surface area is 118 Å². The number of aromatic carboxylic acids is 1. The van der Waals surface area contributed by atoms with E-state index in [0.29, 0.717) is 6.07 Å². The molecule has 0 bridgehead atoms. The molecule has 1 heterocycles. The molecular weight excluding hydrogens is 306 g/mol. The van der Waals surface area contributed by atoms with Gasteiger partial charge in [0.2, 0.25) is 0 Å². The van der Waals surface area contributed by atoms with Crippen molar-refractivity contribution < 1.29 is 27.1 Å². The standard InChI is InChI=1S/C12H8F2N2O4S/c13-8-2-4-11(15-6-8)16-21(19,20)10-5-7(12(17)18)1-3-9(10)14/h1-6H,(H,15,16)(H,17,18). The molecule has 0 aliphatic rings. The summed E-state index contributed by atoms with van der Waals surface area (Å²) >= 11 is 0. The maximum Gasteiger partial charge on any atom is 0.335 e. The summed E-state index contributed by atoms with van der Waals surface area (Å²) in [4.78, 5) is 13.4. The zero-order chi connectivity index (χ0) is 15.6. The van der Waals surface area contributed by atoms with Gasteiger partial charge in [-0.05, 0) is 30.3 Å². The number of carboxylic acid groups (broad SMARTS) is 1. The number of hydrogen-bond donors (Lipinski definition) is 2. The summed E-state index contributed by atoms with van der Waals surface area (Å²) < 4.78 is 52.2. The Hall–Kier alpha value is -2.55. The number of aromatic nitrogens is 1. The molecule has 1 aromatic carbocycles. The molecule has 2 N–H and O–H groups in total. The molecule has 0 saturated carbocycles. The van der Waals surface area contributed by atoms with Gasteiger partial charge in [-0.1, -0.05) is 0 Å². The second-order valence-electron chi connectivity index (χ2n) is 3.92. The van der Waals surface area contributed by atoms with Gasteiger partial charge in [0.1, 0.15) is 22.3 Å². The van der Waals surface area contributed by atoms with E-state index >= 15 is 0 Å². The predicted octanol–water partition coefficient (Wildman–Crippen LogP) is 1.86. The van der Waals surface area contributed by atoms with Crippen molar-refractivity contribution >= 4 is 21.8 Å². The Kier molecular flexibility index (Phi) is 3.85. The average molecular weight is 314 g/mol. The Morgan fingerprint density at radius 3 is 2.48 bits per heavy atom. The van der Waals surface area contributed by atoms with Crippen LogP contribution in [0.3, 0.4) is 0 Å². The molecule has 0 amide bonds. The monoisotopic (exact) mass is 314 g/mol. The van der Waals surface area contributed by atoms with Crippen LogP contribution < -0.4 is 4.72 Å². The molecule has 2 aromatic rings. The molecule has 0 atom stereocenters. The van der Waals surface area contributed by atoms with Gasteiger partial charge in [0, 0.05) is 0 Å². The summed E-state index contributed by atoms with van der Waals surface area (Å²) in [6, 6.07) is 4.37. The first-order valence-corrected chi connectivity index (χ1v) is 6.95. The van der Waals surface area contributed by atoms with E-state index < -0.39 is 32.5 Å². The van der Waals surface area contributed by atoms with Crippen molar-refractivity contribution in [1.82, 2.24) is 4.98 Å². The molecule has 0 unspecified atom stereocenters. The van der Waals surface area contributed by atoms with Crippen molar-refractivity contribution in [3.05, 3.63) is 53.7 Å². The van der Waals surface area contributed by atoms with Crippen molar-refractivity contribution in [1.29, 1.82) is 0 Å². The normalized spacial score (nSPS) is 11.1. The average Bonchev–Trinajstić information content (AvgIpc) is 2.41. The summed E-state index contributed by atoms with van der Waals surface area (Å²) in [6.45, 7) is 0. The highest BCUT2D eigenvalue weighted by Crippen LogP contribution is 2.19. The smallest absolute Gasteiger partial charge is 0.335 e. The van der Waals surface area contributed by atoms with E-state index in [0.717, 1.165) is 30.5 Å². The minimum Gasteiger partial charge on any atom is -0.478 e. The highest BCUT2D eigenvalue weighted by atomic mass is 32.2. The Bertz CT molecular complexity index is 791. The van der Waals surface area contributed by atoms with E-state index in [4.69, 9.17) is 5.11 Å². The molecule has 2 rings (SSSR count). The zero-order valence-electron chi connectivity index (χ0n) is 10.2. The van der Waals surface area contributed by atoms with Crippen LogP contribution in [0.5, 0.6) is 0 Å². The number of rotatable bonds is 4. The number of carbonyl (C=O) groups is 1. The number of sulfonamides is 1. The summed E-state index contributed by atoms with van der Waals surface area (Å²) in [5, 5.41) is 8.79. The highest BCUT2D eigenvalue weighted by molar-refractivity contribution is 7.92. The third-order valence-corrected chi connectivity index (χ3v) is 3.80. The van der Waals surface area contributed by atoms with Crippen LogP contribution in [0.25, 0.3) is 0 Å². The molecule has 1 aromatic heterocycles. The fraction of sp³-hybridized carbons (Fsp3) is 0. The molecule has 0 radical (unpaired) electrons. The van der Waals surface area contributed by atoms with E-state index in [1.807, 2.05) is 4.72 Å². The lowest BCUT2D eigenvalue weighted by Gasteiger charge is -2.08. The summed E-state index contributed by atoms with van der Waals surface area (Å²) in [6.07, 6.45) is 0.780. The molecule has 0 aliphatic heterocycles. The number of benzene rings is 1. The number of nitrogens with one attached hydrogen (secondary N) is 1. The molecule has 0 fully saturated rings. The van der Waals surface area contributed by atoms with Crippen LogP contribution in [-0.2, 0) is 10.0 Å². The van der Waals surface area contributed by atoms with Gasteiger partial charge in [-0.3, -0.25) is 4.72 Å². The molecule has 0 aliphatic carbocycles. The fourth-order valence-corrected chi connectivity index (χ4v) is 2.58. The van der Waals surface area contributed by atoms with Crippen LogP contribution in [0, 0.1) is 11.6 Å². The van der Waals surface area contributed by atoms with Crippen molar-refractivity contribution in [2.45, 2.75) is 4.90 Å². The second kappa shape index (κ2) is 5.44. The maximum atomic E-state index is 13.6. The quantitative estimate of drug-likeness (QED) is 0.898. The second-order valence-corrected chi connectivity index (χ2v) is 5.57. The van der Waals surface area contributed by atoms with Gasteiger partial charge in [0.15, 0.2) is 0 Å². The lowest BCUT2D eigenvalue weighted by molar-refractivity contribution is 0.0696. The number of halogens is 2. The van der Waals surface area contributed by atoms with E-state index in [9.17, 15) is 22.0 Å². The fourth-order valence-electron chi connectivity index (χ4n) is 1.47. The van der Waals surface area contributed by atoms with E-state index in [1.165, 1.54) is 0 Å². The summed E-state index contributed by atoms with van der Waals surface area (Å²) in [5.74, 6) is -3.41. The van der Waals surface area contributed by atoms with Crippen molar-refractivity contribution in [2.75, 3.05) is 4.72 Å². The highest BCUT2D eigenvalue weighted by Gasteiger charge is 2.21. The Balaban J connectivity index is 2.41. The number of hydrogen-bond acceptors (Lipinski definition) is 4. The topological polar surface area (TPSA) is 96.4 Å². The summed E-state index contributed by atoms with van der Waals surface area (Å²) in [5.41, 5.74) is -0.385. The molecule has 9 heteroatoms. The van der Waals surface area contributed by atoms with Crippen LogP contribution in [0.4, 0.5) is 14.6 Å². The minimum atomic E-state index is -4.39. The van der Waals surface area contributed by atoms with Crippen LogP contribution in [-0.4, -0.2) is 24.5 Å². The minimum absolute atomic E-state index is 0.225. The molecule has 6 nitrogen and oxygen atoms in total. The third kappa shape index (κ3) is 3.31. The zero-order valence-corrected chi connectivity index (χ0v) is 11.1. The van der Waals surface area contributed by atoms with Crippen molar-refractivity contribution in [3.8, 4) is 0 Å². The van der Waals surface area contributed by atoms with Gasteiger partial charge >= 0.3 is 5.97 Å². The maximum absolute atomic E-state index is 13.6. The van der Waals surface area contributed by atoms with Crippen LogP contribution in [0.1, 0.15) is 10.4 Å². The molecule has 0 saturated heterocycles. The van der Waals surface area contributed by atoms with Gasteiger partial charge < -0.3 is 5.11 Å². The first kappa shape index (κ1) is 14.9. The van der Waals surface area contributed by atoms with E-state index in [2.05, 4.69) is 4.98 Å². The van der Waals surface area contributed by atoms with Crippen molar-refractivity contribution in [2.24, 2.45) is 0 Å². The largest absolute Gasteiger partial charge is 0.478 e. The van der Waals surface area contributed by atoms with Crippen LogP contribution in [0.15, 0.2) is 41.4 Å². The lowest BCUT2D eigenvalue weighted by atomic mass is 10.2. The number of nitrogens with zero attached hydrogens (tertiary/aromatic N) is 1. The first-order valence-electron chi connectivity index (χ1n) is 5.47. The van der Waals surface area contributed by atoms with Gasteiger partial charge in [-0.2, -0.15) is 0 Å².